The molecule has 0 aliphatic carbocycles. The van der Waals surface area contributed by atoms with Gasteiger partial charge < -0.3 is 9.64 Å². The number of ether oxygens (including phenoxy) is 1. The van der Waals surface area contributed by atoms with Crippen LogP contribution in [0.2, 0.25) is 0 Å². The van der Waals surface area contributed by atoms with Gasteiger partial charge in [0.25, 0.3) is 0 Å². The van der Waals surface area contributed by atoms with Crippen molar-refractivity contribution in [1.82, 2.24) is 9.80 Å². The minimum absolute atomic E-state index is 0.751. The fraction of sp³-hybridized carbons (Fsp3) is 1.00. The molecule has 1 rings (SSSR count). The van der Waals surface area contributed by atoms with E-state index in [2.05, 4.69) is 39.6 Å². The van der Waals surface area contributed by atoms with Crippen molar-refractivity contribution in [3.63, 3.8) is 0 Å². The Hall–Kier alpha value is 0.360. The van der Waals surface area contributed by atoms with Gasteiger partial charge in [0.15, 0.2) is 0 Å². The topological polar surface area (TPSA) is 15.7 Å². The average Bonchev–Trinajstić information content (AvgIpc) is 2.55. The number of halogens is 1. The van der Waals surface area contributed by atoms with Gasteiger partial charge in [0.2, 0.25) is 0 Å². The first-order chi connectivity index (χ1) is 8.72. The van der Waals surface area contributed by atoms with Crippen molar-refractivity contribution in [3.05, 3.63) is 0 Å². The van der Waals surface area contributed by atoms with E-state index in [4.69, 9.17) is 4.74 Å². The van der Waals surface area contributed by atoms with Crippen LogP contribution in [0.4, 0.5) is 0 Å². The molecule has 3 nitrogen and oxygen atoms in total. The molecule has 1 heterocycles. The van der Waals surface area contributed by atoms with Gasteiger partial charge in [-0.15, -0.1) is 0 Å². The van der Waals surface area contributed by atoms with Crippen molar-refractivity contribution in [2.45, 2.75) is 26.7 Å². The Morgan fingerprint density at radius 2 is 1.67 bits per heavy atom. The lowest BCUT2D eigenvalue weighted by Crippen LogP contribution is -2.33. The molecule has 0 spiro atoms. The Bertz CT molecular complexity index is 202. The smallest absolute Gasteiger partial charge is 0.0593 e. The number of nitrogens with zero attached hydrogens (tertiary/aromatic N) is 2. The molecule has 0 saturated carbocycles. The van der Waals surface area contributed by atoms with Gasteiger partial charge in [0.05, 0.1) is 6.61 Å². The van der Waals surface area contributed by atoms with Gasteiger partial charge in [-0.25, -0.2) is 0 Å². The molecule has 0 bridgehead atoms. The first kappa shape index (κ1) is 16.4. The zero-order chi connectivity index (χ0) is 13.2. The molecule has 1 aliphatic rings. The van der Waals surface area contributed by atoms with Crippen LogP contribution in [0.15, 0.2) is 0 Å². The summed E-state index contributed by atoms with van der Waals surface area (Å²) in [6.45, 7) is 13.5. The van der Waals surface area contributed by atoms with E-state index < -0.39 is 0 Å². The van der Waals surface area contributed by atoms with E-state index in [9.17, 15) is 0 Å². The van der Waals surface area contributed by atoms with Gasteiger partial charge in [0, 0.05) is 38.1 Å². The molecular formula is C14H29BrN2O. The maximum Gasteiger partial charge on any atom is 0.0593 e. The summed E-state index contributed by atoms with van der Waals surface area (Å²) in [6.07, 6.45) is 2.47. The molecule has 0 aromatic carbocycles. The normalized spacial score (nSPS) is 19.3. The second-order valence-corrected chi connectivity index (χ2v) is 6.31. The Balaban J connectivity index is 2.04. The van der Waals surface area contributed by atoms with Crippen LogP contribution < -0.4 is 0 Å². The molecule has 1 aliphatic heterocycles. The third-order valence-corrected chi connectivity index (χ3v) is 3.83. The first-order valence-corrected chi connectivity index (χ1v) is 8.43. The van der Waals surface area contributed by atoms with E-state index in [0.717, 1.165) is 31.0 Å². The molecule has 0 aromatic rings. The highest BCUT2D eigenvalue weighted by Gasteiger charge is 2.13. The lowest BCUT2D eigenvalue weighted by atomic mass is 10.1. The van der Waals surface area contributed by atoms with Gasteiger partial charge in [-0.05, 0) is 31.8 Å². The zero-order valence-corrected chi connectivity index (χ0v) is 13.6. The van der Waals surface area contributed by atoms with Crippen LogP contribution in [0, 0.1) is 5.92 Å². The Kier molecular flexibility index (Phi) is 9.29. The molecule has 0 amide bonds. The Morgan fingerprint density at radius 1 is 1.00 bits per heavy atom. The number of alkyl halides is 1. The van der Waals surface area contributed by atoms with E-state index in [0.29, 0.717) is 0 Å². The van der Waals surface area contributed by atoms with E-state index in [1.54, 1.807) is 0 Å². The van der Waals surface area contributed by atoms with Crippen LogP contribution in [-0.4, -0.2) is 67.6 Å². The number of rotatable bonds is 8. The molecule has 1 saturated heterocycles. The second-order valence-electron chi connectivity index (χ2n) is 5.52. The minimum atomic E-state index is 0.751. The SMILES string of the molecule is CC(C)CCOCCN1CCCN(CCBr)CC1. The first-order valence-electron chi connectivity index (χ1n) is 7.30. The molecule has 0 unspecified atom stereocenters. The molecular weight excluding hydrogens is 292 g/mol. The lowest BCUT2D eigenvalue weighted by Gasteiger charge is -2.21. The van der Waals surface area contributed by atoms with Crippen LogP contribution >= 0.6 is 15.9 Å². The third kappa shape index (κ3) is 7.72. The fourth-order valence-corrected chi connectivity index (χ4v) is 2.71. The molecule has 0 atom stereocenters. The number of hydrogen-bond acceptors (Lipinski definition) is 3. The lowest BCUT2D eigenvalue weighted by molar-refractivity contribution is 0.0970. The quantitative estimate of drug-likeness (QED) is 0.504. The minimum Gasteiger partial charge on any atom is -0.380 e. The molecule has 0 radical (unpaired) electrons. The highest BCUT2D eigenvalue weighted by atomic mass is 79.9. The van der Waals surface area contributed by atoms with Crippen molar-refractivity contribution < 1.29 is 4.74 Å². The summed E-state index contributed by atoms with van der Waals surface area (Å²) in [5.41, 5.74) is 0. The van der Waals surface area contributed by atoms with Crippen molar-refractivity contribution in [3.8, 4) is 0 Å². The van der Waals surface area contributed by atoms with E-state index in [-0.39, 0.29) is 0 Å². The third-order valence-electron chi connectivity index (χ3n) is 3.47. The molecule has 0 N–H and O–H groups in total. The predicted octanol–water partition coefficient (Wildman–Crippen LogP) is 2.45. The van der Waals surface area contributed by atoms with E-state index in [1.165, 1.54) is 45.6 Å². The average molecular weight is 321 g/mol. The van der Waals surface area contributed by atoms with Crippen molar-refractivity contribution >= 4 is 15.9 Å². The van der Waals surface area contributed by atoms with Crippen LogP contribution in [0.25, 0.3) is 0 Å². The largest absolute Gasteiger partial charge is 0.380 e. The fourth-order valence-electron chi connectivity index (χ4n) is 2.21. The van der Waals surface area contributed by atoms with Crippen LogP contribution in [0.1, 0.15) is 26.7 Å². The predicted molar refractivity (Wildman–Crippen MR) is 81.6 cm³/mol. The van der Waals surface area contributed by atoms with Crippen molar-refractivity contribution in [2.24, 2.45) is 5.92 Å². The van der Waals surface area contributed by atoms with Crippen molar-refractivity contribution in [2.75, 3.05) is 57.8 Å². The summed E-state index contributed by atoms with van der Waals surface area (Å²) >= 11 is 3.52. The summed E-state index contributed by atoms with van der Waals surface area (Å²) in [5.74, 6) is 0.751. The van der Waals surface area contributed by atoms with E-state index >= 15 is 0 Å². The van der Waals surface area contributed by atoms with Crippen molar-refractivity contribution in [1.29, 1.82) is 0 Å². The van der Waals surface area contributed by atoms with Gasteiger partial charge in [-0.1, -0.05) is 29.8 Å². The molecule has 108 valence electrons. The van der Waals surface area contributed by atoms with Crippen LogP contribution in [-0.2, 0) is 4.74 Å². The van der Waals surface area contributed by atoms with Gasteiger partial charge in [-0.2, -0.15) is 0 Å². The van der Waals surface area contributed by atoms with Gasteiger partial charge >= 0.3 is 0 Å². The molecule has 0 aromatic heterocycles. The Morgan fingerprint density at radius 3 is 2.28 bits per heavy atom. The van der Waals surface area contributed by atoms with Crippen LogP contribution in [0.3, 0.4) is 0 Å². The maximum atomic E-state index is 5.70. The second kappa shape index (κ2) is 10.2. The Labute approximate surface area is 121 Å². The van der Waals surface area contributed by atoms with Gasteiger partial charge in [-0.3, -0.25) is 4.90 Å². The summed E-state index contributed by atoms with van der Waals surface area (Å²) in [5, 5.41) is 1.09. The zero-order valence-electron chi connectivity index (χ0n) is 12.0. The highest BCUT2D eigenvalue weighted by Crippen LogP contribution is 2.04. The standard InChI is InChI=1S/C14H29BrN2O/c1-14(2)4-12-18-13-11-17-7-3-6-16(8-5-15)9-10-17/h14H,3-13H2,1-2H3. The summed E-state index contributed by atoms with van der Waals surface area (Å²) in [7, 11) is 0. The summed E-state index contributed by atoms with van der Waals surface area (Å²) in [4.78, 5) is 5.10. The highest BCUT2D eigenvalue weighted by molar-refractivity contribution is 9.09. The van der Waals surface area contributed by atoms with Crippen LogP contribution in [0.5, 0.6) is 0 Å². The molecule has 4 heteroatoms. The summed E-state index contributed by atoms with van der Waals surface area (Å²) in [6, 6.07) is 0. The summed E-state index contributed by atoms with van der Waals surface area (Å²) < 4.78 is 5.70. The van der Waals surface area contributed by atoms with E-state index in [1.807, 2.05) is 0 Å². The monoisotopic (exact) mass is 320 g/mol. The molecule has 1 fully saturated rings. The number of hydrogen-bond donors (Lipinski definition) is 0. The maximum absolute atomic E-state index is 5.70. The van der Waals surface area contributed by atoms with Gasteiger partial charge in [0.1, 0.15) is 0 Å². The molecule has 18 heavy (non-hydrogen) atoms.